The van der Waals surface area contributed by atoms with Gasteiger partial charge in [-0.15, -0.1) is 0 Å². The van der Waals surface area contributed by atoms with Gasteiger partial charge in [-0.05, 0) is 30.2 Å². The Morgan fingerprint density at radius 3 is 2.09 bits per heavy atom. The first-order valence-corrected chi connectivity index (χ1v) is 8.48. The van der Waals surface area contributed by atoms with Crippen LogP contribution < -0.4 is 0 Å². The summed E-state index contributed by atoms with van der Waals surface area (Å²) < 4.78 is 0. The van der Waals surface area contributed by atoms with Gasteiger partial charge in [-0.25, -0.2) is 0 Å². The highest BCUT2D eigenvalue weighted by molar-refractivity contribution is 5.96. The van der Waals surface area contributed by atoms with Gasteiger partial charge in [0.25, 0.3) is 0 Å². The number of benzene rings is 2. The number of carbonyl (C=O) groups is 1. The van der Waals surface area contributed by atoms with Crippen LogP contribution in [0.1, 0.15) is 60.4 Å². The average molecular weight is 292 g/mol. The summed E-state index contributed by atoms with van der Waals surface area (Å²) in [6.45, 7) is 0. The first kappa shape index (κ1) is 15.0. The second-order valence-electron chi connectivity index (χ2n) is 6.41. The third kappa shape index (κ3) is 3.65. The standard InChI is InChI=1S/C21H24O/c22-21(19-14-8-3-9-15-19)16-20(17-10-4-1-5-11-17)18-12-6-2-7-13-18/h1,3-5,8-11,14-15,18,20H,2,6-7,12-13,16H2/t20-/m1/s1. The second kappa shape index (κ2) is 7.40. The van der Waals surface area contributed by atoms with E-state index < -0.39 is 0 Å². The van der Waals surface area contributed by atoms with Gasteiger partial charge in [0, 0.05) is 12.0 Å². The zero-order chi connectivity index (χ0) is 15.2. The van der Waals surface area contributed by atoms with E-state index in [0.717, 1.165) is 5.56 Å². The first-order chi connectivity index (χ1) is 10.8. The molecule has 2 aromatic carbocycles. The fraction of sp³-hybridized carbons (Fsp3) is 0.381. The molecule has 1 saturated carbocycles. The smallest absolute Gasteiger partial charge is 0.163 e. The Balaban J connectivity index is 1.81. The molecule has 3 rings (SSSR count). The molecule has 0 saturated heterocycles. The maximum atomic E-state index is 12.7. The summed E-state index contributed by atoms with van der Waals surface area (Å²) >= 11 is 0. The van der Waals surface area contributed by atoms with Crippen LogP contribution in [0.4, 0.5) is 0 Å². The summed E-state index contributed by atoms with van der Waals surface area (Å²) in [6, 6.07) is 20.4. The highest BCUT2D eigenvalue weighted by Gasteiger charge is 2.27. The lowest BCUT2D eigenvalue weighted by Crippen LogP contribution is -2.19. The van der Waals surface area contributed by atoms with Crippen molar-refractivity contribution in [3.63, 3.8) is 0 Å². The van der Waals surface area contributed by atoms with Crippen LogP contribution in [-0.4, -0.2) is 5.78 Å². The van der Waals surface area contributed by atoms with Gasteiger partial charge in [-0.2, -0.15) is 0 Å². The lowest BCUT2D eigenvalue weighted by Gasteiger charge is -2.30. The van der Waals surface area contributed by atoms with Crippen molar-refractivity contribution in [1.29, 1.82) is 0 Å². The number of Topliss-reactive ketones (excluding diaryl/α,β-unsaturated/α-hetero) is 1. The van der Waals surface area contributed by atoms with Gasteiger partial charge in [-0.3, -0.25) is 4.79 Å². The molecular formula is C21H24O. The van der Waals surface area contributed by atoms with Crippen LogP contribution >= 0.6 is 0 Å². The average Bonchev–Trinajstić information content (AvgIpc) is 2.62. The molecule has 2 aromatic rings. The lowest BCUT2D eigenvalue weighted by atomic mass is 9.74. The maximum Gasteiger partial charge on any atom is 0.163 e. The molecule has 0 amide bonds. The van der Waals surface area contributed by atoms with Gasteiger partial charge >= 0.3 is 0 Å². The molecular weight excluding hydrogens is 268 g/mol. The van der Waals surface area contributed by atoms with Gasteiger partial charge < -0.3 is 0 Å². The molecule has 1 fully saturated rings. The molecule has 0 bridgehead atoms. The summed E-state index contributed by atoms with van der Waals surface area (Å²) in [5.74, 6) is 1.30. The molecule has 0 N–H and O–H groups in total. The number of rotatable bonds is 5. The van der Waals surface area contributed by atoms with Gasteiger partial charge in [-0.1, -0.05) is 79.9 Å². The summed E-state index contributed by atoms with van der Waals surface area (Å²) in [5, 5.41) is 0. The third-order valence-corrected chi connectivity index (χ3v) is 4.95. The number of carbonyl (C=O) groups excluding carboxylic acids is 1. The topological polar surface area (TPSA) is 17.1 Å². The third-order valence-electron chi connectivity index (χ3n) is 4.95. The van der Waals surface area contributed by atoms with Gasteiger partial charge in [0.05, 0.1) is 0 Å². The molecule has 0 radical (unpaired) electrons. The fourth-order valence-electron chi connectivity index (χ4n) is 3.74. The van der Waals surface area contributed by atoms with Crippen LogP contribution in [-0.2, 0) is 0 Å². The van der Waals surface area contributed by atoms with Gasteiger partial charge in [0.1, 0.15) is 0 Å². The van der Waals surface area contributed by atoms with Crippen LogP contribution in [0.5, 0.6) is 0 Å². The van der Waals surface area contributed by atoms with Crippen molar-refractivity contribution >= 4 is 5.78 Å². The minimum absolute atomic E-state index is 0.278. The molecule has 0 heterocycles. The largest absolute Gasteiger partial charge is 0.294 e. The Hall–Kier alpha value is -1.89. The minimum Gasteiger partial charge on any atom is -0.294 e. The van der Waals surface area contributed by atoms with Crippen LogP contribution in [0, 0.1) is 5.92 Å². The van der Waals surface area contributed by atoms with E-state index in [1.165, 1.54) is 37.7 Å². The molecule has 0 unspecified atom stereocenters. The molecule has 0 aliphatic heterocycles. The summed E-state index contributed by atoms with van der Waals surface area (Å²) in [6.07, 6.45) is 7.15. The van der Waals surface area contributed by atoms with Gasteiger partial charge in [0.2, 0.25) is 0 Å². The van der Waals surface area contributed by atoms with Crippen molar-refractivity contribution in [1.82, 2.24) is 0 Å². The Kier molecular flexibility index (Phi) is 5.05. The Bertz CT molecular complexity index is 582. The first-order valence-electron chi connectivity index (χ1n) is 8.48. The molecule has 1 aliphatic rings. The highest BCUT2D eigenvalue weighted by atomic mass is 16.1. The zero-order valence-electron chi connectivity index (χ0n) is 13.1. The Morgan fingerprint density at radius 1 is 0.864 bits per heavy atom. The molecule has 22 heavy (non-hydrogen) atoms. The van der Waals surface area contributed by atoms with E-state index in [0.29, 0.717) is 18.3 Å². The van der Waals surface area contributed by atoms with Crippen molar-refractivity contribution in [3.8, 4) is 0 Å². The van der Waals surface area contributed by atoms with Crippen molar-refractivity contribution < 1.29 is 4.79 Å². The predicted molar refractivity (Wildman–Crippen MR) is 91.1 cm³/mol. The van der Waals surface area contributed by atoms with E-state index in [1.54, 1.807) is 0 Å². The molecule has 1 heteroatoms. The van der Waals surface area contributed by atoms with Crippen molar-refractivity contribution in [2.45, 2.75) is 44.4 Å². The second-order valence-corrected chi connectivity index (χ2v) is 6.41. The SMILES string of the molecule is O=C(C[C@H](c1ccccc1)C1CCCCC1)c1ccccc1. The molecule has 114 valence electrons. The van der Waals surface area contributed by atoms with Crippen LogP contribution in [0.2, 0.25) is 0 Å². The Labute approximate surface area is 133 Å². The summed E-state index contributed by atoms with van der Waals surface area (Å²) in [5.41, 5.74) is 2.18. The summed E-state index contributed by atoms with van der Waals surface area (Å²) in [4.78, 5) is 12.7. The number of ketones is 1. The van der Waals surface area contributed by atoms with Crippen molar-refractivity contribution in [3.05, 3.63) is 71.8 Å². The van der Waals surface area contributed by atoms with Crippen LogP contribution in [0.25, 0.3) is 0 Å². The quantitative estimate of drug-likeness (QED) is 0.653. The van der Waals surface area contributed by atoms with Crippen LogP contribution in [0.3, 0.4) is 0 Å². The van der Waals surface area contributed by atoms with Crippen molar-refractivity contribution in [2.24, 2.45) is 5.92 Å². The van der Waals surface area contributed by atoms with E-state index in [2.05, 4.69) is 30.3 Å². The molecule has 1 nitrogen and oxygen atoms in total. The zero-order valence-corrected chi connectivity index (χ0v) is 13.1. The number of hydrogen-bond acceptors (Lipinski definition) is 1. The van der Waals surface area contributed by atoms with E-state index in [-0.39, 0.29) is 5.78 Å². The maximum absolute atomic E-state index is 12.7. The monoisotopic (exact) mass is 292 g/mol. The highest BCUT2D eigenvalue weighted by Crippen LogP contribution is 2.38. The Morgan fingerprint density at radius 2 is 1.45 bits per heavy atom. The van der Waals surface area contributed by atoms with Gasteiger partial charge in [0.15, 0.2) is 5.78 Å². The molecule has 0 spiro atoms. The number of hydrogen-bond donors (Lipinski definition) is 0. The minimum atomic E-state index is 0.278. The normalized spacial score (nSPS) is 17.1. The van der Waals surface area contributed by atoms with E-state index >= 15 is 0 Å². The molecule has 1 aliphatic carbocycles. The van der Waals surface area contributed by atoms with Crippen LogP contribution in [0.15, 0.2) is 60.7 Å². The van der Waals surface area contributed by atoms with E-state index in [4.69, 9.17) is 0 Å². The van der Waals surface area contributed by atoms with Crippen molar-refractivity contribution in [2.75, 3.05) is 0 Å². The fourth-order valence-corrected chi connectivity index (χ4v) is 3.74. The predicted octanol–water partition coefficient (Wildman–Crippen LogP) is 5.62. The lowest BCUT2D eigenvalue weighted by molar-refractivity contribution is 0.0958. The van der Waals surface area contributed by atoms with E-state index in [1.807, 2.05) is 30.3 Å². The summed E-state index contributed by atoms with van der Waals surface area (Å²) in [7, 11) is 0. The molecule has 1 atom stereocenters. The van der Waals surface area contributed by atoms with E-state index in [9.17, 15) is 4.79 Å². The molecule has 0 aromatic heterocycles.